The Hall–Kier alpha value is -0.630. The largest absolute Gasteiger partial charge is 0.227 e. The van der Waals surface area contributed by atoms with Crippen molar-refractivity contribution < 1.29 is 0 Å². The van der Waals surface area contributed by atoms with Gasteiger partial charge in [-0.3, -0.25) is 0 Å². The van der Waals surface area contributed by atoms with E-state index in [4.69, 9.17) is 11.6 Å². The first kappa shape index (κ1) is 8.66. The van der Waals surface area contributed by atoms with E-state index in [1.807, 2.05) is 6.07 Å². The van der Waals surface area contributed by atoms with Crippen LogP contribution in [-0.4, -0.2) is 9.97 Å². The molecule has 1 aromatic heterocycles. The van der Waals surface area contributed by atoms with E-state index in [9.17, 15) is 0 Å². The minimum atomic E-state index is 0.394. The second-order valence-electron chi connectivity index (χ2n) is 4.53. The molecule has 0 aliphatic heterocycles. The van der Waals surface area contributed by atoms with Gasteiger partial charge in [0.25, 0.3) is 0 Å². The maximum Gasteiger partial charge on any atom is 0.222 e. The molecule has 3 rings (SSSR count). The fraction of sp³-hybridized carbons (Fsp3) is 0.636. The van der Waals surface area contributed by atoms with Gasteiger partial charge >= 0.3 is 0 Å². The van der Waals surface area contributed by atoms with Crippen molar-refractivity contribution in [1.82, 2.24) is 9.97 Å². The average Bonchev–Trinajstić information content (AvgIpc) is 2.78. The van der Waals surface area contributed by atoms with Crippen LogP contribution in [0, 0.1) is 11.8 Å². The third-order valence-corrected chi connectivity index (χ3v) is 3.95. The van der Waals surface area contributed by atoms with Crippen LogP contribution < -0.4 is 0 Å². The van der Waals surface area contributed by atoms with Gasteiger partial charge in [-0.15, -0.1) is 0 Å². The van der Waals surface area contributed by atoms with Crippen LogP contribution in [0.5, 0.6) is 0 Å². The molecule has 3 heteroatoms. The predicted octanol–water partition coefficient (Wildman–Crippen LogP) is 3.03. The van der Waals surface area contributed by atoms with E-state index in [2.05, 4.69) is 9.97 Å². The summed E-state index contributed by atoms with van der Waals surface area (Å²) in [5.41, 5.74) is 1.16. The van der Waals surface area contributed by atoms with Crippen LogP contribution in [-0.2, 0) is 0 Å². The molecule has 3 unspecified atom stereocenters. The number of hydrogen-bond acceptors (Lipinski definition) is 2. The van der Waals surface area contributed by atoms with E-state index in [0.717, 1.165) is 17.5 Å². The zero-order valence-electron chi connectivity index (χ0n) is 7.99. The molecule has 0 saturated heterocycles. The van der Waals surface area contributed by atoms with Crippen molar-refractivity contribution in [3.05, 3.63) is 23.2 Å². The molecule has 14 heavy (non-hydrogen) atoms. The van der Waals surface area contributed by atoms with Gasteiger partial charge in [-0.25, -0.2) is 9.97 Å². The molecule has 2 fully saturated rings. The number of fused-ring (bicyclic) bond motifs is 2. The van der Waals surface area contributed by atoms with Crippen LogP contribution in [0.3, 0.4) is 0 Å². The fourth-order valence-electron chi connectivity index (χ4n) is 3.16. The highest BCUT2D eigenvalue weighted by molar-refractivity contribution is 6.28. The van der Waals surface area contributed by atoms with Gasteiger partial charge in [0, 0.05) is 17.8 Å². The van der Waals surface area contributed by atoms with Gasteiger partial charge in [-0.1, -0.05) is 6.42 Å². The molecule has 1 aromatic rings. The van der Waals surface area contributed by atoms with Gasteiger partial charge in [0.05, 0.1) is 0 Å². The zero-order valence-corrected chi connectivity index (χ0v) is 8.74. The maximum atomic E-state index is 5.80. The lowest BCUT2D eigenvalue weighted by molar-refractivity contribution is 0.413. The molecule has 0 amide bonds. The highest BCUT2D eigenvalue weighted by atomic mass is 35.5. The molecule has 2 saturated carbocycles. The highest BCUT2D eigenvalue weighted by Crippen LogP contribution is 2.52. The SMILES string of the molecule is Clc1nccc(C2CC3CCC2C3)n1. The second kappa shape index (κ2) is 3.20. The Labute approximate surface area is 88.7 Å². The summed E-state index contributed by atoms with van der Waals surface area (Å²) in [6.45, 7) is 0. The van der Waals surface area contributed by atoms with Gasteiger partial charge < -0.3 is 0 Å². The van der Waals surface area contributed by atoms with Crippen molar-refractivity contribution in [1.29, 1.82) is 0 Å². The molecule has 2 nitrogen and oxygen atoms in total. The third kappa shape index (κ3) is 1.33. The first-order chi connectivity index (χ1) is 6.83. The number of hydrogen-bond donors (Lipinski definition) is 0. The number of nitrogens with zero attached hydrogens (tertiary/aromatic N) is 2. The Kier molecular flexibility index (Phi) is 1.98. The fourth-order valence-corrected chi connectivity index (χ4v) is 3.32. The van der Waals surface area contributed by atoms with E-state index in [1.54, 1.807) is 6.20 Å². The summed E-state index contributed by atoms with van der Waals surface area (Å²) in [5.74, 6) is 2.49. The number of rotatable bonds is 1. The Morgan fingerprint density at radius 2 is 2.21 bits per heavy atom. The lowest BCUT2D eigenvalue weighted by atomic mass is 9.86. The van der Waals surface area contributed by atoms with Crippen molar-refractivity contribution in [3.8, 4) is 0 Å². The van der Waals surface area contributed by atoms with Crippen LogP contribution in [0.4, 0.5) is 0 Å². The molecule has 0 radical (unpaired) electrons. The first-order valence-electron chi connectivity index (χ1n) is 5.31. The van der Waals surface area contributed by atoms with E-state index < -0.39 is 0 Å². The third-order valence-electron chi connectivity index (χ3n) is 3.77. The summed E-state index contributed by atoms with van der Waals surface area (Å²) in [6, 6.07) is 2.03. The van der Waals surface area contributed by atoms with Crippen LogP contribution in [0.1, 0.15) is 37.3 Å². The average molecular weight is 209 g/mol. The molecule has 2 aliphatic carbocycles. The van der Waals surface area contributed by atoms with Crippen molar-refractivity contribution in [2.75, 3.05) is 0 Å². The van der Waals surface area contributed by atoms with Gasteiger partial charge in [0.2, 0.25) is 5.28 Å². The van der Waals surface area contributed by atoms with Crippen LogP contribution >= 0.6 is 11.6 Å². The zero-order chi connectivity index (χ0) is 9.54. The summed E-state index contributed by atoms with van der Waals surface area (Å²) < 4.78 is 0. The molecule has 0 aromatic carbocycles. The first-order valence-corrected chi connectivity index (χ1v) is 5.69. The van der Waals surface area contributed by atoms with Crippen LogP contribution in [0.15, 0.2) is 12.3 Å². The van der Waals surface area contributed by atoms with Gasteiger partial charge in [-0.05, 0) is 48.8 Å². The molecular weight excluding hydrogens is 196 g/mol. The minimum Gasteiger partial charge on any atom is -0.227 e. The van der Waals surface area contributed by atoms with E-state index >= 15 is 0 Å². The normalized spacial score (nSPS) is 35.1. The molecule has 0 N–H and O–H groups in total. The Bertz CT molecular complexity index is 353. The molecule has 0 spiro atoms. The quantitative estimate of drug-likeness (QED) is 0.663. The molecule has 3 atom stereocenters. The predicted molar refractivity (Wildman–Crippen MR) is 55.2 cm³/mol. The minimum absolute atomic E-state index is 0.394. The Morgan fingerprint density at radius 3 is 2.86 bits per heavy atom. The summed E-state index contributed by atoms with van der Waals surface area (Å²) in [5, 5.41) is 0.394. The molecule has 74 valence electrons. The van der Waals surface area contributed by atoms with Crippen molar-refractivity contribution in [2.24, 2.45) is 11.8 Å². The van der Waals surface area contributed by atoms with Crippen molar-refractivity contribution >= 4 is 11.6 Å². The highest BCUT2D eigenvalue weighted by Gasteiger charge is 2.40. The molecule has 2 aliphatic rings. The van der Waals surface area contributed by atoms with E-state index in [1.165, 1.54) is 25.7 Å². The number of aromatic nitrogens is 2. The molecule has 2 bridgehead atoms. The monoisotopic (exact) mass is 208 g/mol. The topological polar surface area (TPSA) is 25.8 Å². The van der Waals surface area contributed by atoms with Crippen LogP contribution in [0.2, 0.25) is 5.28 Å². The lowest BCUT2D eigenvalue weighted by Gasteiger charge is -2.20. The van der Waals surface area contributed by atoms with Crippen molar-refractivity contribution in [2.45, 2.75) is 31.6 Å². The standard InChI is InChI=1S/C11H13ClN2/c12-11-13-4-3-10(14-11)9-6-7-1-2-8(9)5-7/h3-4,7-9H,1-2,5-6H2. The van der Waals surface area contributed by atoms with E-state index in [0.29, 0.717) is 11.2 Å². The Balaban J connectivity index is 1.89. The summed E-state index contributed by atoms with van der Waals surface area (Å²) in [7, 11) is 0. The summed E-state index contributed by atoms with van der Waals surface area (Å²) >= 11 is 5.80. The van der Waals surface area contributed by atoms with E-state index in [-0.39, 0.29) is 0 Å². The van der Waals surface area contributed by atoms with Crippen LogP contribution in [0.25, 0.3) is 0 Å². The lowest BCUT2D eigenvalue weighted by Crippen LogP contribution is -2.10. The van der Waals surface area contributed by atoms with Crippen molar-refractivity contribution in [3.63, 3.8) is 0 Å². The summed E-state index contributed by atoms with van der Waals surface area (Å²) in [4.78, 5) is 8.26. The van der Waals surface area contributed by atoms with Gasteiger partial charge in [-0.2, -0.15) is 0 Å². The van der Waals surface area contributed by atoms with Gasteiger partial charge in [0.15, 0.2) is 0 Å². The molecule has 1 heterocycles. The smallest absolute Gasteiger partial charge is 0.222 e. The van der Waals surface area contributed by atoms with Gasteiger partial charge in [0.1, 0.15) is 0 Å². The second-order valence-corrected chi connectivity index (χ2v) is 4.87. The number of halogens is 1. The Morgan fingerprint density at radius 1 is 1.29 bits per heavy atom. The maximum absolute atomic E-state index is 5.80. The summed E-state index contributed by atoms with van der Waals surface area (Å²) in [6.07, 6.45) is 7.32. The molecular formula is C11H13ClN2.